The Morgan fingerprint density at radius 2 is 2.36 bits per heavy atom. The molecule has 0 atom stereocenters. The average Bonchev–Trinajstić information content (AvgIpc) is 2.76. The van der Waals surface area contributed by atoms with Crippen LogP contribution in [0, 0.1) is 0 Å². The topological polar surface area (TPSA) is 46.6 Å². The van der Waals surface area contributed by atoms with Crippen molar-refractivity contribution in [2.24, 2.45) is 0 Å². The molecule has 4 nitrogen and oxygen atoms in total. The van der Waals surface area contributed by atoms with Crippen molar-refractivity contribution in [3.8, 4) is 0 Å². The van der Waals surface area contributed by atoms with Crippen molar-refractivity contribution < 1.29 is 14.3 Å². The van der Waals surface area contributed by atoms with E-state index in [9.17, 15) is 9.59 Å². The van der Waals surface area contributed by atoms with Crippen molar-refractivity contribution in [2.45, 2.75) is 6.42 Å². The van der Waals surface area contributed by atoms with Gasteiger partial charge in [-0.25, -0.2) is 9.69 Å². The lowest BCUT2D eigenvalue weighted by molar-refractivity contribution is -0.125. The fourth-order valence-corrected chi connectivity index (χ4v) is 1.97. The number of amides is 2. The molecule has 0 bridgehead atoms. The molecule has 1 aromatic rings. The average molecular weight is 211 g/mol. The van der Waals surface area contributed by atoms with Gasteiger partial charge in [-0.1, -0.05) is 6.07 Å². The monoisotopic (exact) mass is 211 g/mol. The van der Waals surface area contributed by atoms with Crippen molar-refractivity contribution in [1.29, 1.82) is 0 Å². The van der Waals surface area contributed by atoms with Crippen LogP contribution >= 0.6 is 11.3 Å². The normalized spacial score (nSPS) is 16.1. The van der Waals surface area contributed by atoms with E-state index in [1.165, 1.54) is 0 Å². The molecule has 1 aromatic heterocycles. The molecule has 1 fully saturated rings. The maximum Gasteiger partial charge on any atom is 0.417 e. The second-order valence-electron chi connectivity index (χ2n) is 2.93. The fraction of sp³-hybridized carbons (Fsp3) is 0.333. The summed E-state index contributed by atoms with van der Waals surface area (Å²) in [5.41, 5.74) is 0. The van der Waals surface area contributed by atoms with Crippen molar-refractivity contribution in [3.63, 3.8) is 0 Å². The molecule has 0 radical (unpaired) electrons. The zero-order valence-corrected chi connectivity index (χ0v) is 8.25. The third-order valence-electron chi connectivity index (χ3n) is 2.00. The van der Waals surface area contributed by atoms with Gasteiger partial charge in [-0.3, -0.25) is 4.79 Å². The van der Waals surface area contributed by atoms with Gasteiger partial charge in [-0.2, -0.15) is 0 Å². The van der Waals surface area contributed by atoms with Crippen LogP contribution in [0.3, 0.4) is 0 Å². The molecule has 14 heavy (non-hydrogen) atoms. The zero-order valence-electron chi connectivity index (χ0n) is 7.43. The highest BCUT2D eigenvalue weighted by Crippen LogP contribution is 2.12. The lowest BCUT2D eigenvalue weighted by Gasteiger charge is -2.08. The molecular weight excluding hydrogens is 202 g/mol. The number of carbonyl (C=O) groups excluding carboxylic acids is 2. The van der Waals surface area contributed by atoms with Crippen LogP contribution < -0.4 is 0 Å². The predicted octanol–water partition coefficient (Wildman–Crippen LogP) is 1.27. The summed E-state index contributed by atoms with van der Waals surface area (Å²) in [5, 5.41) is 1.97. The third-order valence-corrected chi connectivity index (χ3v) is 2.94. The molecule has 2 rings (SSSR count). The summed E-state index contributed by atoms with van der Waals surface area (Å²) in [6, 6.07) is 3.93. The third kappa shape index (κ3) is 1.77. The van der Waals surface area contributed by atoms with Gasteiger partial charge >= 0.3 is 6.09 Å². The van der Waals surface area contributed by atoms with Gasteiger partial charge in [0.05, 0.1) is 0 Å². The van der Waals surface area contributed by atoms with E-state index in [0.717, 1.165) is 9.78 Å². The molecule has 2 heterocycles. The maximum atomic E-state index is 11.1. The van der Waals surface area contributed by atoms with Crippen molar-refractivity contribution in [3.05, 3.63) is 22.4 Å². The Kier molecular flexibility index (Phi) is 2.49. The number of carbonyl (C=O) groups is 2. The van der Waals surface area contributed by atoms with Gasteiger partial charge in [0.1, 0.15) is 0 Å². The second-order valence-corrected chi connectivity index (χ2v) is 3.96. The highest BCUT2D eigenvalue weighted by molar-refractivity contribution is 7.09. The summed E-state index contributed by atoms with van der Waals surface area (Å²) in [7, 11) is 0. The lowest BCUT2D eigenvalue weighted by atomic mass is 10.3. The van der Waals surface area contributed by atoms with Crippen LogP contribution in [0.15, 0.2) is 17.5 Å². The summed E-state index contributed by atoms with van der Waals surface area (Å²) in [4.78, 5) is 24.5. The molecule has 1 aliphatic heterocycles. The molecule has 0 spiro atoms. The summed E-state index contributed by atoms with van der Waals surface area (Å²) in [6.07, 6.45) is 0.185. The van der Waals surface area contributed by atoms with E-state index < -0.39 is 6.09 Å². The number of cyclic esters (lactones) is 1. The predicted molar refractivity (Wildman–Crippen MR) is 51.1 cm³/mol. The Balaban J connectivity index is 1.92. The van der Waals surface area contributed by atoms with Crippen molar-refractivity contribution in [1.82, 2.24) is 4.90 Å². The van der Waals surface area contributed by atoms with Crippen LogP contribution in [-0.2, 0) is 16.0 Å². The molecule has 1 aliphatic rings. The van der Waals surface area contributed by atoms with Crippen LogP contribution in [0.25, 0.3) is 0 Å². The van der Waals surface area contributed by atoms with Crippen LogP contribution in [0.4, 0.5) is 4.79 Å². The molecule has 0 saturated carbocycles. The van der Waals surface area contributed by atoms with Crippen LogP contribution in [0.2, 0.25) is 0 Å². The quantitative estimate of drug-likeness (QED) is 0.756. The SMILES string of the molecule is O=C1COC(=O)N1CCc1cccs1. The van der Waals surface area contributed by atoms with Gasteiger partial charge < -0.3 is 4.74 Å². The largest absolute Gasteiger partial charge is 0.439 e. The smallest absolute Gasteiger partial charge is 0.417 e. The van der Waals surface area contributed by atoms with Gasteiger partial charge in [-0.05, 0) is 11.4 Å². The minimum absolute atomic E-state index is 0.108. The highest BCUT2D eigenvalue weighted by Gasteiger charge is 2.30. The number of imide groups is 1. The Morgan fingerprint density at radius 1 is 1.50 bits per heavy atom. The summed E-state index contributed by atoms with van der Waals surface area (Å²) in [6.45, 7) is 0.307. The molecule has 1 saturated heterocycles. The standard InChI is InChI=1S/C9H9NO3S/c11-8-6-13-9(12)10(8)4-3-7-2-1-5-14-7/h1-2,5H,3-4,6H2. The zero-order chi connectivity index (χ0) is 9.97. The van der Waals surface area contributed by atoms with Gasteiger partial charge in [0.25, 0.3) is 5.91 Å². The number of ether oxygens (including phenoxy) is 1. The van der Waals surface area contributed by atoms with E-state index in [0.29, 0.717) is 13.0 Å². The van der Waals surface area contributed by atoms with E-state index in [1.807, 2.05) is 17.5 Å². The van der Waals surface area contributed by atoms with E-state index in [2.05, 4.69) is 4.74 Å². The van der Waals surface area contributed by atoms with Crippen molar-refractivity contribution in [2.75, 3.05) is 13.2 Å². The van der Waals surface area contributed by atoms with Crippen LogP contribution in [0.5, 0.6) is 0 Å². The number of nitrogens with zero attached hydrogens (tertiary/aromatic N) is 1. The molecule has 2 amide bonds. The van der Waals surface area contributed by atoms with Gasteiger partial charge in [0.15, 0.2) is 6.61 Å². The first kappa shape index (κ1) is 9.21. The molecule has 0 aliphatic carbocycles. The molecule has 0 unspecified atom stereocenters. The van der Waals surface area contributed by atoms with Gasteiger partial charge in [-0.15, -0.1) is 11.3 Å². The first-order valence-electron chi connectivity index (χ1n) is 4.27. The number of hydrogen-bond donors (Lipinski definition) is 0. The first-order chi connectivity index (χ1) is 6.77. The van der Waals surface area contributed by atoms with E-state index in [1.54, 1.807) is 11.3 Å². The number of thiophene rings is 1. The number of hydrogen-bond acceptors (Lipinski definition) is 4. The Labute approximate surface area is 85.1 Å². The van der Waals surface area contributed by atoms with Crippen LogP contribution in [-0.4, -0.2) is 30.1 Å². The molecule has 5 heteroatoms. The van der Waals surface area contributed by atoms with Crippen molar-refractivity contribution >= 4 is 23.3 Å². The maximum absolute atomic E-state index is 11.1. The minimum Gasteiger partial charge on any atom is -0.439 e. The van der Waals surface area contributed by atoms with E-state index >= 15 is 0 Å². The second kappa shape index (κ2) is 3.79. The Morgan fingerprint density at radius 3 is 2.93 bits per heavy atom. The Hall–Kier alpha value is -1.36. The van der Waals surface area contributed by atoms with Crippen LogP contribution in [0.1, 0.15) is 4.88 Å². The summed E-state index contributed by atoms with van der Waals surface area (Å²) in [5.74, 6) is -0.244. The fourth-order valence-electron chi connectivity index (χ4n) is 1.27. The van der Waals surface area contributed by atoms with E-state index in [-0.39, 0.29) is 12.5 Å². The molecule has 74 valence electrons. The van der Waals surface area contributed by atoms with Gasteiger partial charge in [0, 0.05) is 17.8 Å². The van der Waals surface area contributed by atoms with E-state index in [4.69, 9.17) is 0 Å². The molecule has 0 aromatic carbocycles. The Bertz CT molecular complexity index is 331. The lowest BCUT2D eigenvalue weighted by Crippen LogP contribution is -2.30. The number of rotatable bonds is 3. The minimum atomic E-state index is -0.522. The van der Waals surface area contributed by atoms with Gasteiger partial charge in [0.2, 0.25) is 0 Å². The molecular formula is C9H9NO3S. The summed E-state index contributed by atoms with van der Waals surface area (Å²) >= 11 is 1.62. The first-order valence-corrected chi connectivity index (χ1v) is 5.15. The summed E-state index contributed by atoms with van der Waals surface area (Å²) < 4.78 is 4.59. The molecule has 0 N–H and O–H groups in total. The highest BCUT2D eigenvalue weighted by atomic mass is 32.1.